The van der Waals surface area contributed by atoms with Gasteiger partial charge in [0.05, 0.1) is 16.4 Å². The number of ketones is 1. The van der Waals surface area contributed by atoms with Gasteiger partial charge in [-0.15, -0.1) is 11.3 Å². The number of hydrogen-bond acceptors (Lipinski definition) is 6. The second-order valence-corrected chi connectivity index (χ2v) is 10.1. The normalized spacial score (nSPS) is 17.3. The number of unbranched alkanes of at least 4 members (excludes halogenated alkanes) is 2. The van der Waals surface area contributed by atoms with Crippen molar-refractivity contribution in [3.05, 3.63) is 21.9 Å². The summed E-state index contributed by atoms with van der Waals surface area (Å²) in [4.78, 5) is 53.2. The van der Waals surface area contributed by atoms with Crippen LogP contribution in [-0.2, 0) is 9.53 Å². The molecule has 0 aliphatic carbocycles. The molecule has 1 N–H and O–H groups in total. The Kier molecular flexibility index (Phi) is 8.88. The first-order chi connectivity index (χ1) is 15.8. The maximum absolute atomic E-state index is 12.8. The average Bonchev–Trinajstić information content (AvgIpc) is 3.45. The third-order valence-electron chi connectivity index (χ3n) is 6.64. The molecule has 3 rings (SSSR count). The number of thiophene rings is 1. The smallest absolute Gasteiger partial charge is 0.317 e. The van der Waals surface area contributed by atoms with Gasteiger partial charge in [-0.3, -0.25) is 14.4 Å². The molecule has 2 saturated heterocycles. The number of likely N-dealkylation sites (tertiary alicyclic amines) is 2. The Labute approximate surface area is 199 Å². The van der Waals surface area contributed by atoms with Crippen LogP contribution in [0.2, 0.25) is 0 Å². The Hall–Kier alpha value is -2.42. The van der Waals surface area contributed by atoms with Gasteiger partial charge in [0.25, 0.3) is 5.91 Å². The SMILES string of the molecule is CCOC(=O)CCCCCNC(=O)N1CCC2(CCN(C(=O)c3ccc(C(C)=O)s3)CC2)C1. The van der Waals surface area contributed by atoms with Crippen molar-refractivity contribution in [2.75, 3.05) is 39.3 Å². The number of urea groups is 1. The molecule has 182 valence electrons. The van der Waals surface area contributed by atoms with E-state index in [1.54, 1.807) is 19.1 Å². The van der Waals surface area contributed by atoms with Crippen molar-refractivity contribution in [2.24, 2.45) is 5.41 Å². The molecule has 0 atom stereocenters. The lowest BCUT2D eigenvalue weighted by atomic mass is 9.78. The summed E-state index contributed by atoms with van der Waals surface area (Å²) in [5.74, 6) is -0.177. The number of nitrogens with zero attached hydrogens (tertiary/aromatic N) is 2. The van der Waals surface area contributed by atoms with Crippen LogP contribution in [-0.4, -0.2) is 72.8 Å². The lowest BCUT2D eigenvalue weighted by molar-refractivity contribution is -0.143. The number of carbonyl (C=O) groups excluding carboxylic acids is 4. The number of esters is 1. The molecule has 0 radical (unpaired) electrons. The highest BCUT2D eigenvalue weighted by Crippen LogP contribution is 2.40. The predicted molar refractivity (Wildman–Crippen MR) is 127 cm³/mol. The Morgan fingerprint density at radius 3 is 2.30 bits per heavy atom. The molecule has 3 amide bonds. The van der Waals surface area contributed by atoms with Crippen LogP contribution in [0.15, 0.2) is 12.1 Å². The Morgan fingerprint density at radius 2 is 1.67 bits per heavy atom. The van der Waals surface area contributed by atoms with E-state index in [0.29, 0.717) is 42.4 Å². The van der Waals surface area contributed by atoms with Gasteiger partial charge in [-0.2, -0.15) is 0 Å². The van der Waals surface area contributed by atoms with Crippen LogP contribution in [0.1, 0.15) is 78.1 Å². The minimum absolute atomic E-state index is 0.00194. The van der Waals surface area contributed by atoms with Crippen molar-refractivity contribution >= 4 is 35.0 Å². The second-order valence-electron chi connectivity index (χ2n) is 9.03. The number of carbonyl (C=O) groups is 4. The van der Waals surface area contributed by atoms with Crippen LogP contribution in [0.25, 0.3) is 0 Å². The zero-order valence-corrected chi connectivity index (χ0v) is 20.5. The number of rotatable bonds is 9. The molecular formula is C24H35N3O5S. The molecule has 8 nitrogen and oxygen atoms in total. The van der Waals surface area contributed by atoms with Gasteiger partial charge in [0, 0.05) is 39.1 Å². The van der Waals surface area contributed by atoms with Gasteiger partial charge in [-0.25, -0.2) is 4.79 Å². The standard InChI is InChI=1S/C24H35N3O5S/c1-3-32-21(29)7-5-4-6-13-25-23(31)27-16-12-24(17-27)10-14-26(15-11-24)22(30)20-9-8-19(33-20)18(2)28/h8-9H,3-7,10-17H2,1-2H3,(H,25,31). The lowest BCUT2D eigenvalue weighted by Crippen LogP contribution is -2.45. The molecule has 3 heterocycles. The van der Waals surface area contributed by atoms with Gasteiger partial charge in [-0.05, 0) is 63.5 Å². The van der Waals surface area contributed by atoms with Gasteiger partial charge in [-0.1, -0.05) is 6.42 Å². The molecule has 0 saturated carbocycles. The number of hydrogen-bond donors (Lipinski definition) is 1. The van der Waals surface area contributed by atoms with Crippen molar-refractivity contribution < 1.29 is 23.9 Å². The first-order valence-corrected chi connectivity index (χ1v) is 12.7. The minimum Gasteiger partial charge on any atom is -0.466 e. The molecule has 2 aliphatic rings. The number of nitrogens with one attached hydrogen (secondary N) is 1. The molecule has 2 fully saturated rings. The zero-order valence-electron chi connectivity index (χ0n) is 19.7. The van der Waals surface area contributed by atoms with Crippen molar-refractivity contribution in [3.8, 4) is 0 Å². The van der Waals surface area contributed by atoms with Crippen molar-refractivity contribution in [1.82, 2.24) is 15.1 Å². The molecule has 1 spiro atoms. The fourth-order valence-electron chi connectivity index (χ4n) is 4.61. The number of piperidine rings is 1. The van der Waals surface area contributed by atoms with E-state index in [4.69, 9.17) is 4.74 Å². The lowest BCUT2D eigenvalue weighted by Gasteiger charge is -2.39. The van der Waals surface area contributed by atoms with Crippen LogP contribution in [0.3, 0.4) is 0 Å². The summed E-state index contributed by atoms with van der Waals surface area (Å²) in [5.41, 5.74) is 0.0910. The van der Waals surface area contributed by atoms with E-state index in [1.165, 1.54) is 18.3 Å². The molecule has 1 aromatic rings. The molecule has 2 aliphatic heterocycles. The van der Waals surface area contributed by atoms with E-state index in [9.17, 15) is 19.2 Å². The summed E-state index contributed by atoms with van der Waals surface area (Å²) in [7, 11) is 0. The minimum atomic E-state index is -0.159. The Bertz CT molecular complexity index is 860. The van der Waals surface area contributed by atoms with E-state index in [0.717, 1.165) is 51.6 Å². The molecule has 0 bridgehead atoms. The highest BCUT2D eigenvalue weighted by molar-refractivity contribution is 7.15. The first-order valence-electron chi connectivity index (χ1n) is 11.9. The second kappa shape index (κ2) is 11.6. The van der Waals surface area contributed by atoms with Crippen LogP contribution in [0.5, 0.6) is 0 Å². The summed E-state index contributed by atoms with van der Waals surface area (Å²) >= 11 is 1.26. The largest absolute Gasteiger partial charge is 0.466 e. The van der Waals surface area contributed by atoms with E-state index in [1.807, 2.05) is 9.80 Å². The van der Waals surface area contributed by atoms with E-state index in [2.05, 4.69) is 5.32 Å². The maximum Gasteiger partial charge on any atom is 0.317 e. The quantitative estimate of drug-likeness (QED) is 0.332. The Balaban J connectivity index is 1.36. The highest BCUT2D eigenvalue weighted by Gasteiger charge is 2.42. The first kappa shape index (κ1) is 25.2. The van der Waals surface area contributed by atoms with Crippen molar-refractivity contribution in [2.45, 2.75) is 58.8 Å². The van der Waals surface area contributed by atoms with Crippen LogP contribution < -0.4 is 5.32 Å². The monoisotopic (exact) mass is 477 g/mol. The number of ether oxygens (including phenoxy) is 1. The molecular weight excluding hydrogens is 442 g/mol. The molecule has 33 heavy (non-hydrogen) atoms. The molecule has 1 aromatic heterocycles. The number of Topliss-reactive ketones (excluding diaryl/α,β-unsaturated/α-hetero) is 1. The van der Waals surface area contributed by atoms with Gasteiger partial charge in [0.15, 0.2) is 5.78 Å². The van der Waals surface area contributed by atoms with E-state index >= 15 is 0 Å². The summed E-state index contributed by atoms with van der Waals surface area (Å²) in [6, 6.07) is 3.44. The van der Waals surface area contributed by atoms with Crippen LogP contribution in [0.4, 0.5) is 4.79 Å². The van der Waals surface area contributed by atoms with Gasteiger partial charge < -0.3 is 19.9 Å². The fourth-order valence-corrected chi connectivity index (χ4v) is 5.48. The van der Waals surface area contributed by atoms with Gasteiger partial charge >= 0.3 is 12.0 Å². The van der Waals surface area contributed by atoms with Crippen LogP contribution in [0, 0.1) is 5.41 Å². The van der Waals surface area contributed by atoms with E-state index in [-0.39, 0.29) is 29.1 Å². The summed E-state index contributed by atoms with van der Waals surface area (Å²) in [5, 5.41) is 3.00. The maximum atomic E-state index is 12.8. The third-order valence-corrected chi connectivity index (χ3v) is 7.81. The van der Waals surface area contributed by atoms with Crippen molar-refractivity contribution in [1.29, 1.82) is 0 Å². The molecule has 9 heteroatoms. The van der Waals surface area contributed by atoms with Crippen LogP contribution >= 0.6 is 11.3 Å². The topological polar surface area (TPSA) is 96.0 Å². The third kappa shape index (κ3) is 6.79. The average molecular weight is 478 g/mol. The van der Waals surface area contributed by atoms with Crippen molar-refractivity contribution in [3.63, 3.8) is 0 Å². The number of amides is 3. The Morgan fingerprint density at radius 1 is 1.00 bits per heavy atom. The molecule has 0 aromatic carbocycles. The van der Waals surface area contributed by atoms with Gasteiger partial charge in [0.2, 0.25) is 0 Å². The molecule has 0 unspecified atom stereocenters. The predicted octanol–water partition coefficient (Wildman–Crippen LogP) is 3.71. The van der Waals surface area contributed by atoms with E-state index < -0.39 is 0 Å². The fraction of sp³-hybridized carbons (Fsp3) is 0.667. The van der Waals surface area contributed by atoms with Gasteiger partial charge in [0.1, 0.15) is 0 Å². The highest BCUT2D eigenvalue weighted by atomic mass is 32.1. The summed E-state index contributed by atoms with van der Waals surface area (Å²) < 4.78 is 4.91. The summed E-state index contributed by atoms with van der Waals surface area (Å²) in [6.45, 7) is 7.18. The zero-order chi connectivity index (χ0) is 23.8. The summed E-state index contributed by atoms with van der Waals surface area (Å²) in [6.07, 6.45) is 5.68.